The third kappa shape index (κ3) is 5.55. The van der Waals surface area contributed by atoms with Gasteiger partial charge in [0.25, 0.3) is 5.91 Å². The number of pyridine rings is 1. The van der Waals surface area contributed by atoms with Gasteiger partial charge in [-0.05, 0) is 52.6 Å². The highest BCUT2D eigenvalue weighted by Crippen LogP contribution is 2.26. The van der Waals surface area contributed by atoms with Gasteiger partial charge in [0.2, 0.25) is 0 Å². The summed E-state index contributed by atoms with van der Waals surface area (Å²) in [6.45, 7) is 0. The third-order valence-corrected chi connectivity index (χ3v) is 5.67. The van der Waals surface area contributed by atoms with Crippen LogP contribution in [0.15, 0.2) is 85.2 Å². The number of hydrogen-bond acceptors (Lipinski definition) is 5. The number of phenolic OH excluding ortho intramolecular Hbond substituents is 1. The van der Waals surface area contributed by atoms with Crippen LogP contribution in [0.5, 0.6) is 5.75 Å². The maximum absolute atomic E-state index is 13.6. The Labute approximate surface area is 206 Å². The van der Waals surface area contributed by atoms with E-state index in [2.05, 4.69) is 10.3 Å². The van der Waals surface area contributed by atoms with Crippen molar-refractivity contribution in [1.82, 2.24) is 10.3 Å². The fourth-order valence-electron chi connectivity index (χ4n) is 3.75. The fraction of sp³-hybridized carbons (Fsp3) is 0.107. The van der Waals surface area contributed by atoms with Crippen molar-refractivity contribution in [3.8, 4) is 28.0 Å². The number of hydrogen-bond donors (Lipinski definition) is 2. The summed E-state index contributed by atoms with van der Waals surface area (Å²) in [5.74, 6) is -3.41. The summed E-state index contributed by atoms with van der Waals surface area (Å²) in [4.78, 5) is 29.5. The van der Waals surface area contributed by atoms with E-state index in [1.807, 2.05) is 6.07 Å². The van der Waals surface area contributed by atoms with Crippen molar-refractivity contribution in [2.24, 2.45) is 0 Å². The van der Waals surface area contributed by atoms with Crippen molar-refractivity contribution in [2.75, 3.05) is 7.11 Å². The van der Waals surface area contributed by atoms with E-state index in [9.17, 15) is 23.5 Å². The summed E-state index contributed by atoms with van der Waals surface area (Å²) in [5.41, 5.74) is 3.30. The number of rotatable bonds is 7. The molecule has 0 saturated carbocycles. The summed E-state index contributed by atoms with van der Waals surface area (Å²) in [7, 11) is 1.22. The molecule has 3 aromatic carbocycles. The van der Waals surface area contributed by atoms with Crippen molar-refractivity contribution >= 4 is 11.9 Å². The first kappa shape index (κ1) is 24.5. The SMILES string of the molecule is COC(=O)[C@H](Cc1ccc(-c2ccc(F)c(F)c2)cc1)NC(=O)c1cc(-c2cccnc2)ccc1O. The molecule has 1 aromatic heterocycles. The monoisotopic (exact) mass is 488 g/mol. The van der Waals surface area contributed by atoms with Crippen LogP contribution in [-0.2, 0) is 16.0 Å². The highest BCUT2D eigenvalue weighted by Gasteiger charge is 2.24. The van der Waals surface area contributed by atoms with Gasteiger partial charge in [0.15, 0.2) is 11.6 Å². The van der Waals surface area contributed by atoms with Crippen LogP contribution < -0.4 is 5.32 Å². The average Bonchev–Trinajstić information content (AvgIpc) is 2.90. The molecule has 8 heteroatoms. The minimum absolute atomic E-state index is 0.000981. The number of ether oxygens (including phenoxy) is 1. The van der Waals surface area contributed by atoms with Crippen molar-refractivity contribution in [3.05, 3.63) is 108 Å². The maximum atomic E-state index is 13.6. The zero-order chi connectivity index (χ0) is 25.7. The first-order valence-corrected chi connectivity index (χ1v) is 11.0. The predicted molar refractivity (Wildman–Crippen MR) is 130 cm³/mol. The number of amides is 1. The number of aromatic nitrogens is 1. The number of phenols is 1. The lowest BCUT2D eigenvalue weighted by Gasteiger charge is -2.18. The Bertz CT molecular complexity index is 1390. The molecule has 2 N–H and O–H groups in total. The van der Waals surface area contributed by atoms with Gasteiger partial charge in [-0.3, -0.25) is 9.78 Å². The second kappa shape index (κ2) is 10.8. The van der Waals surface area contributed by atoms with Gasteiger partial charge in [0, 0.05) is 24.4 Å². The molecule has 0 aliphatic carbocycles. The molecular weight excluding hydrogens is 466 g/mol. The molecule has 0 bridgehead atoms. The molecule has 0 aliphatic heterocycles. The van der Waals surface area contributed by atoms with E-state index in [0.717, 1.165) is 17.7 Å². The Kier molecular flexibility index (Phi) is 7.34. The quantitative estimate of drug-likeness (QED) is 0.361. The Morgan fingerprint density at radius 2 is 1.61 bits per heavy atom. The van der Waals surface area contributed by atoms with E-state index in [-0.39, 0.29) is 17.7 Å². The van der Waals surface area contributed by atoms with Gasteiger partial charge in [-0.2, -0.15) is 0 Å². The molecule has 0 unspecified atom stereocenters. The average molecular weight is 488 g/mol. The van der Waals surface area contributed by atoms with Gasteiger partial charge in [-0.1, -0.05) is 42.5 Å². The lowest BCUT2D eigenvalue weighted by molar-refractivity contribution is -0.142. The van der Waals surface area contributed by atoms with Crippen LogP contribution in [-0.4, -0.2) is 35.1 Å². The van der Waals surface area contributed by atoms with E-state index >= 15 is 0 Å². The summed E-state index contributed by atoms with van der Waals surface area (Å²) >= 11 is 0. The van der Waals surface area contributed by atoms with Crippen LogP contribution in [0.4, 0.5) is 8.78 Å². The van der Waals surface area contributed by atoms with Gasteiger partial charge >= 0.3 is 5.97 Å². The molecule has 0 spiro atoms. The number of carbonyl (C=O) groups is 2. The van der Waals surface area contributed by atoms with Crippen LogP contribution >= 0.6 is 0 Å². The summed E-state index contributed by atoms with van der Waals surface area (Å²) in [6, 6.07) is 17.6. The lowest BCUT2D eigenvalue weighted by atomic mass is 10.00. The van der Waals surface area contributed by atoms with E-state index in [1.165, 1.54) is 25.3 Å². The number of carbonyl (C=O) groups excluding carboxylic acids is 2. The Hall–Kier alpha value is -4.59. The first-order chi connectivity index (χ1) is 17.4. The number of aromatic hydroxyl groups is 1. The van der Waals surface area contributed by atoms with Gasteiger partial charge in [0.1, 0.15) is 11.8 Å². The van der Waals surface area contributed by atoms with E-state index in [0.29, 0.717) is 22.3 Å². The minimum Gasteiger partial charge on any atom is -0.507 e. The standard InChI is InChI=1S/C28H22F2N2O4/c1-36-28(35)25(13-17-4-6-18(7-5-17)20-8-10-23(29)24(30)15-20)32-27(34)22-14-19(9-11-26(22)33)21-3-2-12-31-16-21/h2-12,14-16,25,33H,13H2,1H3,(H,32,34)/t25-/m0/s1. The summed E-state index contributed by atoms with van der Waals surface area (Å²) in [6.07, 6.45) is 3.37. The molecule has 36 heavy (non-hydrogen) atoms. The van der Waals surface area contributed by atoms with Gasteiger partial charge in [-0.15, -0.1) is 0 Å². The molecule has 182 valence electrons. The zero-order valence-corrected chi connectivity index (χ0v) is 19.2. The smallest absolute Gasteiger partial charge is 0.328 e. The third-order valence-electron chi connectivity index (χ3n) is 5.67. The highest BCUT2D eigenvalue weighted by atomic mass is 19.2. The molecule has 1 heterocycles. The highest BCUT2D eigenvalue weighted by molar-refractivity contribution is 6.00. The van der Waals surface area contributed by atoms with Crippen LogP contribution in [0, 0.1) is 11.6 Å². The van der Waals surface area contributed by atoms with Crippen LogP contribution in [0.2, 0.25) is 0 Å². The number of esters is 1. The summed E-state index contributed by atoms with van der Waals surface area (Å²) < 4.78 is 31.6. The van der Waals surface area contributed by atoms with Gasteiger partial charge < -0.3 is 15.2 Å². The lowest BCUT2D eigenvalue weighted by Crippen LogP contribution is -2.43. The van der Waals surface area contributed by atoms with E-state index in [1.54, 1.807) is 48.8 Å². The number of nitrogens with zero attached hydrogens (tertiary/aromatic N) is 1. The molecule has 1 amide bonds. The molecule has 0 saturated heterocycles. The second-order valence-electron chi connectivity index (χ2n) is 8.05. The molecule has 4 aromatic rings. The number of methoxy groups -OCH3 is 1. The molecule has 0 radical (unpaired) electrons. The molecule has 6 nitrogen and oxygen atoms in total. The largest absolute Gasteiger partial charge is 0.507 e. The van der Waals surface area contributed by atoms with Crippen molar-refractivity contribution in [2.45, 2.75) is 12.5 Å². The minimum atomic E-state index is -1.03. The first-order valence-electron chi connectivity index (χ1n) is 11.0. The number of benzene rings is 3. The zero-order valence-electron chi connectivity index (χ0n) is 19.2. The van der Waals surface area contributed by atoms with Gasteiger partial charge in [0.05, 0.1) is 12.7 Å². The maximum Gasteiger partial charge on any atom is 0.328 e. The summed E-state index contributed by atoms with van der Waals surface area (Å²) in [5, 5.41) is 12.9. The molecular formula is C28H22F2N2O4. The Morgan fingerprint density at radius 3 is 2.28 bits per heavy atom. The molecule has 0 fully saturated rings. The van der Waals surface area contributed by atoms with Crippen molar-refractivity contribution < 1.29 is 28.2 Å². The Balaban J connectivity index is 1.53. The molecule has 4 rings (SSSR count). The Morgan fingerprint density at radius 1 is 0.917 bits per heavy atom. The van der Waals surface area contributed by atoms with Crippen LogP contribution in [0.25, 0.3) is 22.3 Å². The second-order valence-corrected chi connectivity index (χ2v) is 8.05. The van der Waals surface area contributed by atoms with Gasteiger partial charge in [-0.25, -0.2) is 13.6 Å². The van der Waals surface area contributed by atoms with Crippen molar-refractivity contribution in [1.29, 1.82) is 0 Å². The molecule has 0 aliphatic rings. The molecule has 1 atom stereocenters. The topological polar surface area (TPSA) is 88.5 Å². The predicted octanol–water partition coefficient (Wildman–Crippen LogP) is 4.91. The normalized spacial score (nSPS) is 11.5. The number of halogens is 2. The van der Waals surface area contributed by atoms with Crippen molar-refractivity contribution in [3.63, 3.8) is 0 Å². The van der Waals surface area contributed by atoms with Crippen LogP contribution in [0.1, 0.15) is 15.9 Å². The van der Waals surface area contributed by atoms with E-state index < -0.39 is 29.6 Å². The van der Waals surface area contributed by atoms with E-state index in [4.69, 9.17) is 4.74 Å². The number of nitrogens with one attached hydrogen (secondary N) is 1. The fourth-order valence-corrected chi connectivity index (χ4v) is 3.75. The van der Waals surface area contributed by atoms with Crippen LogP contribution in [0.3, 0.4) is 0 Å².